The summed E-state index contributed by atoms with van der Waals surface area (Å²) in [5.41, 5.74) is 7.88. The van der Waals surface area contributed by atoms with E-state index >= 15 is 0 Å². The van der Waals surface area contributed by atoms with Crippen molar-refractivity contribution in [3.63, 3.8) is 0 Å². The number of hydrogen-bond donors (Lipinski definition) is 1. The van der Waals surface area contributed by atoms with Crippen molar-refractivity contribution in [3.05, 3.63) is 82.8 Å². The van der Waals surface area contributed by atoms with Crippen LogP contribution in [-0.4, -0.2) is 19.5 Å². The zero-order valence-corrected chi connectivity index (χ0v) is 19.7. The van der Waals surface area contributed by atoms with Gasteiger partial charge < -0.3 is 5.11 Å². The number of aromatic nitrogens is 3. The summed E-state index contributed by atoms with van der Waals surface area (Å²) in [5.74, 6) is 1.16. The minimum absolute atomic E-state index is 0.241. The van der Waals surface area contributed by atoms with Gasteiger partial charge in [-0.2, -0.15) is 0 Å². The summed E-state index contributed by atoms with van der Waals surface area (Å²) in [7, 11) is 0. The Labute approximate surface area is 186 Å². The van der Waals surface area contributed by atoms with E-state index in [4.69, 9.17) is 0 Å². The van der Waals surface area contributed by atoms with Crippen LogP contribution in [0.15, 0.2) is 54.9 Å². The molecule has 0 amide bonds. The third-order valence-corrected chi connectivity index (χ3v) is 5.98. The van der Waals surface area contributed by atoms with Crippen LogP contribution in [0.1, 0.15) is 47.7 Å². The molecule has 0 aliphatic heterocycles. The van der Waals surface area contributed by atoms with Gasteiger partial charge in [0.2, 0.25) is 5.78 Å². The Morgan fingerprint density at radius 2 is 1.73 bits per heavy atom. The molecule has 0 radical (unpaired) electrons. The molecule has 4 aromatic rings. The van der Waals surface area contributed by atoms with Gasteiger partial charge in [-0.15, -0.1) is 0 Å². The number of aryl methyl sites for hydroxylation is 2. The molecule has 2 heterocycles. The van der Waals surface area contributed by atoms with E-state index in [2.05, 4.69) is 78.7 Å². The van der Waals surface area contributed by atoms with Crippen molar-refractivity contribution >= 4 is 21.7 Å². The molecule has 2 aromatic carbocycles. The summed E-state index contributed by atoms with van der Waals surface area (Å²) in [6.07, 6.45) is 3.69. The molecule has 0 aliphatic rings. The number of hydrogen-bond acceptors (Lipinski definition) is 3. The van der Waals surface area contributed by atoms with E-state index in [0.717, 1.165) is 27.8 Å². The third kappa shape index (κ3) is 4.57. The Bertz CT molecular complexity index is 1140. The summed E-state index contributed by atoms with van der Waals surface area (Å²) in [6, 6.07) is 13.9. The zero-order chi connectivity index (χ0) is 21.8. The summed E-state index contributed by atoms with van der Waals surface area (Å²) >= 11 is 3.45. The molecular weight excluding hydrogens is 438 g/mol. The van der Waals surface area contributed by atoms with Crippen LogP contribution < -0.4 is 0 Å². The van der Waals surface area contributed by atoms with Gasteiger partial charge in [0.25, 0.3) is 0 Å². The van der Waals surface area contributed by atoms with Crippen molar-refractivity contribution in [2.45, 2.75) is 45.9 Å². The highest BCUT2D eigenvalue weighted by atomic mass is 79.9. The lowest BCUT2D eigenvalue weighted by Crippen LogP contribution is -1.97. The van der Waals surface area contributed by atoms with Crippen LogP contribution in [0.5, 0.6) is 5.75 Å². The van der Waals surface area contributed by atoms with E-state index in [-0.39, 0.29) is 11.7 Å². The monoisotopic (exact) mass is 465 g/mol. The van der Waals surface area contributed by atoms with Crippen molar-refractivity contribution in [2.24, 2.45) is 0 Å². The Morgan fingerprint density at radius 1 is 1.03 bits per heavy atom. The lowest BCUT2D eigenvalue weighted by molar-refractivity contribution is 0.477. The van der Waals surface area contributed by atoms with Gasteiger partial charge in [0, 0.05) is 23.3 Å². The maximum absolute atomic E-state index is 10.2. The number of imidazole rings is 1. The standard InChI is InChI=1S/C16H16BrN3O.C9H12/c1-10(2)15-14(19-16-18-6-3-7-20(15)16)12-8-11(9-17)4-5-13(12)21;1-7-5-4-6-8(2)9(7)3/h3-8,10,21H,9H2,1-2H3;4-6H,1-3H3. The quantitative estimate of drug-likeness (QED) is 0.341. The van der Waals surface area contributed by atoms with E-state index in [1.165, 1.54) is 16.7 Å². The van der Waals surface area contributed by atoms with Gasteiger partial charge in [-0.3, -0.25) is 4.40 Å². The van der Waals surface area contributed by atoms with Gasteiger partial charge in [0.05, 0.1) is 11.4 Å². The fourth-order valence-electron chi connectivity index (χ4n) is 3.41. The van der Waals surface area contributed by atoms with Gasteiger partial charge in [-0.05, 0) is 67.1 Å². The number of aromatic hydroxyl groups is 1. The van der Waals surface area contributed by atoms with Crippen molar-refractivity contribution < 1.29 is 5.11 Å². The number of rotatable bonds is 3. The van der Waals surface area contributed by atoms with Gasteiger partial charge in [0.1, 0.15) is 5.75 Å². The van der Waals surface area contributed by atoms with Crippen molar-refractivity contribution in [2.75, 3.05) is 0 Å². The highest BCUT2D eigenvalue weighted by molar-refractivity contribution is 9.08. The summed E-state index contributed by atoms with van der Waals surface area (Å²) in [6.45, 7) is 10.7. The van der Waals surface area contributed by atoms with Crippen LogP contribution >= 0.6 is 15.9 Å². The minimum atomic E-state index is 0.241. The predicted octanol–water partition coefficient (Wildman–Crippen LogP) is 6.73. The lowest BCUT2D eigenvalue weighted by atomic mass is 10.0. The van der Waals surface area contributed by atoms with E-state index < -0.39 is 0 Å². The topological polar surface area (TPSA) is 50.4 Å². The highest BCUT2D eigenvalue weighted by Crippen LogP contribution is 2.35. The van der Waals surface area contributed by atoms with E-state index in [9.17, 15) is 5.11 Å². The molecule has 0 saturated carbocycles. The molecule has 156 valence electrons. The third-order valence-electron chi connectivity index (χ3n) is 5.33. The number of phenols is 1. The summed E-state index contributed by atoms with van der Waals surface area (Å²) in [4.78, 5) is 8.92. The molecule has 0 unspecified atom stereocenters. The number of halogens is 1. The van der Waals surface area contributed by atoms with Gasteiger partial charge in [-0.25, -0.2) is 9.97 Å². The SMILES string of the molecule is CC(C)c1c(-c2cc(CBr)ccc2O)nc2ncccn12.Cc1cccc(C)c1C. The van der Waals surface area contributed by atoms with Crippen LogP contribution in [-0.2, 0) is 5.33 Å². The Balaban J connectivity index is 0.000000239. The molecule has 0 bridgehead atoms. The number of phenolic OH excluding ortho intramolecular Hbond substituents is 1. The molecule has 4 rings (SSSR count). The molecule has 0 spiro atoms. The van der Waals surface area contributed by atoms with Crippen molar-refractivity contribution in [1.82, 2.24) is 14.4 Å². The highest BCUT2D eigenvalue weighted by Gasteiger charge is 2.19. The number of nitrogens with zero attached hydrogens (tertiary/aromatic N) is 3. The molecule has 0 saturated heterocycles. The molecule has 0 aliphatic carbocycles. The van der Waals surface area contributed by atoms with E-state index in [0.29, 0.717) is 5.78 Å². The molecule has 4 nitrogen and oxygen atoms in total. The zero-order valence-electron chi connectivity index (χ0n) is 18.1. The first kappa shape index (κ1) is 22.0. The lowest BCUT2D eigenvalue weighted by Gasteiger charge is -2.10. The summed E-state index contributed by atoms with van der Waals surface area (Å²) < 4.78 is 1.99. The average Bonchev–Trinajstić information content (AvgIpc) is 3.12. The second-order valence-corrected chi connectivity index (χ2v) is 8.35. The van der Waals surface area contributed by atoms with E-state index in [1.54, 1.807) is 12.3 Å². The van der Waals surface area contributed by atoms with Crippen molar-refractivity contribution in [3.8, 4) is 17.0 Å². The van der Waals surface area contributed by atoms with Gasteiger partial charge in [0.15, 0.2) is 0 Å². The molecular formula is C25H28BrN3O. The molecule has 2 aromatic heterocycles. The first-order chi connectivity index (χ1) is 14.3. The van der Waals surface area contributed by atoms with E-state index in [1.807, 2.05) is 28.8 Å². The van der Waals surface area contributed by atoms with Crippen LogP contribution in [0.3, 0.4) is 0 Å². The Kier molecular flexibility index (Phi) is 6.93. The average molecular weight is 466 g/mol. The largest absolute Gasteiger partial charge is 0.507 e. The number of alkyl halides is 1. The first-order valence-electron chi connectivity index (χ1n) is 10.1. The Morgan fingerprint density at radius 3 is 2.33 bits per heavy atom. The fraction of sp³-hybridized carbons (Fsp3) is 0.280. The predicted molar refractivity (Wildman–Crippen MR) is 127 cm³/mol. The van der Waals surface area contributed by atoms with Crippen molar-refractivity contribution in [1.29, 1.82) is 0 Å². The fourth-order valence-corrected chi connectivity index (χ4v) is 3.76. The normalized spacial score (nSPS) is 10.9. The molecule has 5 heteroatoms. The number of fused-ring (bicyclic) bond motifs is 1. The summed E-state index contributed by atoms with van der Waals surface area (Å²) in [5, 5.41) is 11.0. The van der Waals surface area contributed by atoms with Gasteiger partial charge >= 0.3 is 0 Å². The Hall–Kier alpha value is -2.66. The molecule has 30 heavy (non-hydrogen) atoms. The van der Waals surface area contributed by atoms with Crippen LogP contribution in [0, 0.1) is 20.8 Å². The molecule has 0 fully saturated rings. The maximum atomic E-state index is 10.2. The first-order valence-corrected chi connectivity index (χ1v) is 11.2. The maximum Gasteiger partial charge on any atom is 0.234 e. The number of benzene rings is 2. The van der Waals surface area contributed by atoms with Crippen LogP contribution in [0.2, 0.25) is 0 Å². The second-order valence-electron chi connectivity index (χ2n) is 7.79. The van der Waals surface area contributed by atoms with Crippen LogP contribution in [0.25, 0.3) is 17.0 Å². The molecule has 0 atom stereocenters. The van der Waals surface area contributed by atoms with Crippen LogP contribution in [0.4, 0.5) is 0 Å². The molecule has 1 N–H and O–H groups in total. The minimum Gasteiger partial charge on any atom is -0.507 e. The smallest absolute Gasteiger partial charge is 0.234 e. The second kappa shape index (κ2) is 9.43. The van der Waals surface area contributed by atoms with Gasteiger partial charge in [-0.1, -0.05) is 54.0 Å².